The van der Waals surface area contributed by atoms with E-state index in [1.807, 2.05) is 30.3 Å². The van der Waals surface area contributed by atoms with Crippen molar-refractivity contribution in [2.24, 2.45) is 0 Å². The molecule has 0 aliphatic carbocycles. The number of hydrogen-bond acceptors (Lipinski definition) is 3. The summed E-state index contributed by atoms with van der Waals surface area (Å²) in [7, 11) is 1.65. The van der Waals surface area contributed by atoms with Gasteiger partial charge in [0.2, 0.25) is 0 Å². The Morgan fingerprint density at radius 1 is 1.12 bits per heavy atom. The van der Waals surface area contributed by atoms with Crippen molar-refractivity contribution in [2.75, 3.05) is 20.3 Å². The Morgan fingerprint density at radius 2 is 1.97 bits per heavy atom. The number of benzene rings is 1. The van der Waals surface area contributed by atoms with Crippen LogP contribution in [0.5, 0.6) is 0 Å². The summed E-state index contributed by atoms with van der Waals surface area (Å²) in [6.07, 6.45) is -0.165. The van der Waals surface area contributed by atoms with E-state index in [4.69, 9.17) is 17.0 Å². The van der Waals surface area contributed by atoms with Crippen LogP contribution in [0.2, 0.25) is 0 Å². The smallest absolute Gasteiger partial charge is 0.385 e. The minimum Gasteiger partial charge on any atom is -0.385 e. The Kier molecular flexibility index (Phi) is 6.48. The van der Waals surface area contributed by atoms with Gasteiger partial charge in [0.25, 0.3) is 0 Å². The quantitative estimate of drug-likeness (QED) is 0.401. The molecule has 0 bridgehead atoms. The number of hydrogen-bond donors (Lipinski definition) is 1. The molecule has 5 nitrogen and oxygen atoms in total. The molecule has 32 heavy (non-hydrogen) atoms. The van der Waals surface area contributed by atoms with Gasteiger partial charge in [0.1, 0.15) is 0 Å². The number of aromatic nitrogens is 2. The fourth-order valence-corrected chi connectivity index (χ4v) is 4.38. The van der Waals surface area contributed by atoms with E-state index in [1.54, 1.807) is 30.1 Å². The van der Waals surface area contributed by atoms with Gasteiger partial charge < -0.3 is 19.5 Å². The molecule has 0 radical (unpaired) electrons. The van der Waals surface area contributed by atoms with Crippen molar-refractivity contribution in [1.29, 1.82) is 0 Å². The van der Waals surface area contributed by atoms with E-state index in [0.29, 0.717) is 24.0 Å². The van der Waals surface area contributed by atoms with Gasteiger partial charge in [-0.05, 0) is 61.1 Å². The minimum absolute atomic E-state index is 0.245. The summed E-state index contributed by atoms with van der Waals surface area (Å²) in [6.45, 7) is 1.22. The number of thiocarbonyl (C=S) groups is 1. The lowest BCUT2D eigenvalue weighted by atomic mass is 10.0. The minimum atomic E-state index is -4.41. The van der Waals surface area contributed by atoms with Crippen molar-refractivity contribution < 1.29 is 17.9 Å². The van der Waals surface area contributed by atoms with Crippen LogP contribution in [0.25, 0.3) is 5.69 Å². The van der Waals surface area contributed by atoms with Crippen LogP contribution in [0.15, 0.2) is 67.0 Å². The summed E-state index contributed by atoms with van der Waals surface area (Å²) in [5.74, 6) is 0. The molecular formula is C23H23F3N4OS. The molecular weight excluding hydrogens is 437 g/mol. The Morgan fingerprint density at radius 3 is 2.69 bits per heavy atom. The average molecular weight is 461 g/mol. The summed E-state index contributed by atoms with van der Waals surface area (Å²) in [4.78, 5) is 6.57. The third-order valence-corrected chi connectivity index (χ3v) is 5.83. The zero-order chi connectivity index (χ0) is 22.7. The van der Waals surface area contributed by atoms with Gasteiger partial charge in [-0.1, -0.05) is 12.1 Å². The highest BCUT2D eigenvalue weighted by Crippen LogP contribution is 2.40. The number of pyridine rings is 1. The first-order chi connectivity index (χ1) is 15.4. The predicted molar refractivity (Wildman–Crippen MR) is 119 cm³/mol. The van der Waals surface area contributed by atoms with Gasteiger partial charge in [0, 0.05) is 44.0 Å². The zero-order valence-electron chi connectivity index (χ0n) is 17.4. The number of nitrogens with one attached hydrogen (secondary N) is 1. The van der Waals surface area contributed by atoms with E-state index in [-0.39, 0.29) is 12.1 Å². The number of halogens is 3. The number of alkyl halides is 3. The number of rotatable bonds is 7. The number of nitrogens with zero attached hydrogens (tertiary/aromatic N) is 3. The molecule has 4 rings (SSSR count). The van der Waals surface area contributed by atoms with Crippen LogP contribution in [0.3, 0.4) is 0 Å². The third kappa shape index (κ3) is 4.49. The Labute approximate surface area is 189 Å². The monoisotopic (exact) mass is 460 g/mol. The van der Waals surface area contributed by atoms with Crippen LogP contribution in [0.4, 0.5) is 13.2 Å². The Bertz CT molecular complexity index is 1070. The first-order valence-corrected chi connectivity index (χ1v) is 10.6. The summed E-state index contributed by atoms with van der Waals surface area (Å²) in [5, 5.41) is 3.94. The molecule has 3 heterocycles. The lowest BCUT2D eigenvalue weighted by Gasteiger charge is -2.29. The van der Waals surface area contributed by atoms with Gasteiger partial charge in [0.05, 0.1) is 23.3 Å². The van der Waals surface area contributed by atoms with Crippen molar-refractivity contribution >= 4 is 17.3 Å². The highest BCUT2D eigenvalue weighted by atomic mass is 32.1. The molecule has 2 atom stereocenters. The SMILES string of the molecule is COCCCN1C(=S)N[C@@H](c2ccccn2)[C@@H]1c1cccn1-c1cccc(C(F)(F)F)c1. The van der Waals surface area contributed by atoms with E-state index in [0.717, 1.165) is 29.9 Å². The van der Waals surface area contributed by atoms with E-state index >= 15 is 0 Å². The second kappa shape index (κ2) is 9.30. The normalized spacial score (nSPS) is 18.8. The maximum absolute atomic E-state index is 13.3. The van der Waals surface area contributed by atoms with Crippen molar-refractivity contribution in [2.45, 2.75) is 24.7 Å². The van der Waals surface area contributed by atoms with Crippen molar-refractivity contribution in [1.82, 2.24) is 19.8 Å². The van der Waals surface area contributed by atoms with Gasteiger partial charge in [-0.3, -0.25) is 4.98 Å². The molecule has 3 aromatic rings. The number of methoxy groups -OCH3 is 1. The van der Waals surface area contributed by atoms with Crippen molar-refractivity contribution in [3.05, 3.63) is 83.9 Å². The topological polar surface area (TPSA) is 42.3 Å². The fourth-order valence-electron chi connectivity index (χ4n) is 4.05. The molecule has 1 aromatic carbocycles. The van der Waals surface area contributed by atoms with Gasteiger partial charge in [0.15, 0.2) is 5.11 Å². The van der Waals surface area contributed by atoms with Gasteiger partial charge in [-0.15, -0.1) is 0 Å². The van der Waals surface area contributed by atoms with E-state index < -0.39 is 11.7 Å². The molecule has 1 aliphatic rings. The highest BCUT2D eigenvalue weighted by Gasteiger charge is 2.41. The van der Waals surface area contributed by atoms with Crippen LogP contribution >= 0.6 is 12.2 Å². The largest absolute Gasteiger partial charge is 0.416 e. The summed E-state index contributed by atoms with van der Waals surface area (Å²) >= 11 is 5.64. The van der Waals surface area contributed by atoms with E-state index in [1.165, 1.54) is 6.07 Å². The molecule has 1 fully saturated rings. The summed E-state index contributed by atoms with van der Waals surface area (Å²) < 4.78 is 46.9. The predicted octanol–water partition coefficient (Wildman–Crippen LogP) is 4.90. The molecule has 168 valence electrons. The second-order valence-corrected chi connectivity index (χ2v) is 7.90. The molecule has 1 N–H and O–H groups in total. The molecule has 0 unspecified atom stereocenters. The van der Waals surface area contributed by atoms with E-state index in [2.05, 4.69) is 15.2 Å². The molecule has 0 saturated carbocycles. The third-order valence-electron chi connectivity index (χ3n) is 5.48. The summed E-state index contributed by atoms with van der Waals surface area (Å²) in [5.41, 5.74) is 1.39. The molecule has 1 saturated heterocycles. The van der Waals surface area contributed by atoms with Crippen LogP contribution in [0, 0.1) is 0 Å². The van der Waals surface area contributed by atoms with Crippen LogP contribution in [-0.2, 0) is 10.9 Å². The first-order valence-electron chi connectivity index (χ1n) is 10.2. The molecule has 1 aliphatic heterocycles. The highest BCUT2D eigenvalue weighted by molar-refractivity contribution is 7.80. The van der Waals surface area contributed by atoms with Crippen LogP contribution in [-0.4, -0.2) is 39.8 Å². The lowest BCUT2D eigenvalue weighted by molar-refractivity contribution is -0.137. The molecule has 0 spiro atoms. The van der Waals surface area contributed by atoms with Gasteiger partial charge in [-0.2, -0.15) is 13.2 Å². The van der Waals surface area contributed by atoms with E-state index in [9.17, 15) is 13.2 Å². The average Bonchev–Trinajstić information content (AvgIpc) is 3.39. The van der Waals surface area contributed by atoms with Gasteiger partial charge in [-0.25, -0.2) is 0 Å². The molecule has 0 amide bonds. The van der Waals surface area contributed by atoms with Crippen molar-refractivity contribution in [3.63, 3.8) is 0 Å². The second-order valence-electron chi connectivity index (χ2n) is 7.52. The standard InChI is InChI=1S/C23H23F3N4OS/c1-31-14-6-13-30-21(20(28-22(30)32)18-9-2-3-11-27-18)19-10-5-12-29(19)17-8-4-7-16(15-17)23(24,25)26/h2-5,7-12,15,20-21H,6,13-14H2,1H3,(H,28,32)/t20-,21-/m0/s1. The first kappa shape index (κ1) is 22.3. The number of ether oxygens (including phenoxy) is 1. The van der Waals surface area contributed by atoms with Gasteiger partial charge >= 0.3 is 6.18 Å². The fraction of sp³-hybridized carbons (Fsp3) is 0.304. The maximum atomic E-state index is 13.3. The Hall–Kier alpha value is -2.91. The lowest BCUT2D eigenvalue weighted by Crippen LogP contribution is -2.32. The maximum Gasteiger partial charge on any atom is 0.416 e. The Balaban J connectivity index is 1.77. The molecule has 9 heteroatoms. The van der Waals surface area contributed by atoms with Crippen LogP contribution < -0.4 is 5.32 Å². The van der Waals surface area contributed by atoms with Crippen LogP contribution in [0.1, 0.15) is 35.5 Å². The van der Waals surface area contributed by atoms with Crippen molar-refractivity contribution in [3.8, 4) is 5.69 Å². The molecule has 2 aromatic heterocycles. The summed E-state index contributed by atoms with van der Waals surface area (Å²) in [6, 6.07) is 14.3. The zero-order valence-corrected chi connectivity index (χ0v) is 18.2.